The summed E-state index contributed by atoms with van der Waals surface area (Å²) < 4.78 is 1.26. The average molecular weight is 230 g/mol. The summed E-state index contributed by atoms with van der Waals surface area (Å²) in [5, 5.41) is 10.1. The lowest BCUT2D eigenvalue weighted by atomic mass is 10.2. The molecule has 0 fully saturated rings. The predicted molar refractivity (Wildman–Crippen MR) is 67.1 cm³/mol. The van der Waals surface area contributed by atoms with Gasteiger partial charge in [0.2, 0.25) is 0 Å². The smallest absolute Gasteiger partial charge is 0.416 e. The van der Waals surface area contributed by atoms with Crippen LogP contribution in [-0.2, 0) is 0 Å². The molecule has 0 atom stereocenters. The molecule has 17 heavy (non-hydrogen) atoms. The van der Waals surface area contributed by atoms with Crippen molar-refractivity contribution in [3.05, 3.63) is 36.3 Å². The van der Waals surface area contributed by atoms with Gasteiger partial charge in [-0.05, 0) is 24.6 Å². The van der Waals surface area contributed by atoms with Gasteiger partial charge in [-0.1, -0.05) is 19.4 Å². The number of allylic oxidation sites excluding steroid dienone is 1. The highest BCUT2D eigenvalue weighted by Crippen LogP contribution is 2.19. The molecule has 0 aliphatic rings. The Labute approximate surface area is 99.2 Å². The fourth-order valence-corrected chi connectivity index (χ4v) is 1.78. The van der Waals surface area contributed by atoms with Gasteiger partial charge in [0.15, 0.2) is 0 Å². The Balaban J connectivity index is 2.54. The summed E-state index contributed by atoms with van der Waals surface area (Å²) in [5.41, 5.74) is 1.30. The molecule has 2 rings (SSSR count). The lowest BCUT2D eigenvalue weighted by Crippen LogP contribution is -2.09. The van der Waals surface area contributed by atoms with Crippen LogP contribution in [0.5, 0.6) is 0 Å². The molecule has 4 heteroatoms. The van der Waals surface area contributed by atoms with E-state index in [2.05, 4.69) is 11.9 Å². The molecule has 0 aromatic carbocycles. The van der Waals surface area contributed by atoms with Crippen molar-refractivity contribution in [3.8, 4) is 0 Å². The van der Waals surface area contributed by atoms with Crippen molar-refractivity contribution >= 4 is 23.1 Å². The van der Waals surface area contributed by atoms with Crippen molar-refractivity contribution in [1.29, 1.82) is 0 Å². The zero-order valence-electron chi connectivity index (χ0n) is 9.63. The van der Waals surface area contributed by atoms with E-state index in [1.54, 1.807) is 12.4 Å². The number of carbonyl (C=O) groups is 1. The minimum atomic E-state index is -0.982. The summed E-state index contributed by atoms with van der Waals surface area (Å²) in [6, 6.07) is 3.67. The second-order valence-electron chi connectivity index (χ2n) is 3.81. The van der Waals surface area contributed by atoms with Crippen LogP contribution >= 0.6 is 0 Å². The van der Waals surface area contributed by atoms with E-state index in [-0.39, 0.29) is 0 Å². The van der Waals surface area contributed by atoms with Gasteiger partial charge in [0.25, 0.3) is 0 Å². The fraction of sp³-hybridized carbons (Fsp3) is 0.231. The second-order valence-corrected chi connectivity index (χ2v) is 3.81. The first-order valence-electron chi connectivity index (χ1n) is 5.59. The van der Waals surface area contributed by atoms with E-state index >= 15 is 0 Å². The van der Waals surface area contributed by atoms with Crippen LogP contribution in [-0.4, -0.2) is 20.8 Å². The van der Waals surface area contributed by atoms with Gasteiger partial charge >= 0.3 is 6.09 Å². The van der Waals surface area contributed by atoms with Crippen LogP contribution in [0.3, 0.4) is 0 Å². The standard InChI is InChI=1S/C13H14N2O2/c1-2-3-4-5-11-8-10-6-7-14-9-12(10)15(11)13(16)17/h4-9H,2-3H2,1H3,(H,16,17). The van der Waals surface area contributed by atoms with Crippen molar-refractivity contribution in [2.45, 2.75) is 19.8 Å². The Bertz CT molecular complexity index is 570. The van der Waals surface area contributed by atoms with E-state index < -0.39 is 6.09 Å². The molecule has 4 nitrogen and oxygen atoms in total. The summed E-state index contributed by atoms with van der Waals surface area (Å²) in [5.74, 6) is 0. The topological polar surface area (TPSA) is 55.1 Å². The number of hydrogen-bond acceptors (Lipinski definition) is 2. The van der Waals surface area contributed by atoms with Gasteiger partial charge in [-0.15, -0.1) is 0 Å². The van der Waals surface area contributed by atoms with Gasteiger partial charge < -0.3 is 5.11 Å². The Hall–Kier alpha value is -2.10. The molecule has 0 bridgehead atoms. The average Bonchev–Trinajstić information content (AvgIpc) is 2.67. The second kappa shape index (κ2) is 4.82. The summed E-state index contributed by atoms with van der Waals surface area (Å²) in [6.45, 7) is 2.08. The van der Waals surface area contributed by atoms with E-state index in [1.165, 1.54) is 4.57 Å². The minimum Gasteiger partial charge on any atom is -0.464 e. The molecular weight excluding hydrogens is 216 g/mol. The van der Waals surface area contributed by atoms with Crippen LogP contribution in [0.2, 0.25) is 0 Å². The number of fused-ring (bicyclic) bond motifs is 1. The molecular formula is C13H14N2O2. The van der Waals surface area contributed by atoms with Crippen molar-refractivity contribution in [2.24, 2.45) is 0 Å². The van der Waals surface area contributed by atoms with Gasteiger partial charge in [-0.2, -0.15) is 0 Å². The van der Waals surface area contributed by atoms with Gasteiger partial charge in [-0.25, -0.2) is 9.36 Å². The van der Waals surface area contributed by atoms with Crippen LogP contribution in [0.25, 0.3) is 17.0 Å². The Morgan fingerprint density at radius 3 is 3.12 bits per heavy atom. The first-order valence-corrected chi connectivity index (χ1v) is 5.59. The van der Waals surface area contributed by atoms with E-state index in [4.69, 9.17) is 0 Å². The van der Waals surface area contributed by atoms with Crippen molar-refractivity contribution in [1.82, 2.24) is 9.55 Å². The first kappa shape index (κ1) is 11.4. The number of aromatic nitrogens is 2. The van der Waals surface area contributed by atoms with Crippen molar-refractivity contribution in [3.63, 3.8) is 0 Å². The third-order valence-corrected chi connectivity index (χ3v) is 2.57. The van der Waals surface area contributed by atoms with Gasteiger partial charge in [-0.3, -0.25) is 4.98 Å². The number of hydrogen-bond donors (Lipinski definition) is 1. The van der Waals surface area contributed by atoms with Crippen molar-refractivity contribution < 1.29 is 9.90 Å². The Morgan fingerprint density at radius 2 is 2.41 bits per heavy atom. The number of nitrogens with zero attached hydrogens (tertiary/aromatic N) is 2. The number of unbranched alkanes of at least 4 members (excludes halogenated alkanes) is 1. The van der Waals surface area contributed by atoms with Gasteiger partial charge in [0.1, 0.15) is 0 Å². The van der Waals surface area contributed by atoms with Crippen LogP contribution in [0.15, 0.2) is 30.6 Å². The third-order valence-electron chi connectivity index (χ3n) is 2.57. The number of carboxylic acid groups (broad SMARTS) is 1. The third kappa shape index (κ3) is 2.20. The molecule has 0 unspecified atom stereocenters. The maximum Gasteiger partial charge on any atom is 0.416 e. The van der Waals surface area contributed by atoms with Gasteiger partial charge in [0.05, 0.1) is 17.4 Å². The highest BCUT2D eigenvalue weighted by Gasteiger charge is 2.11. The van der Waals surface area contributed by atoms with E-state index in [9.17, 15) is 9.90 Å². The molecule has 2 heterocycles. The van der Waals surface area contributed by atoms with Crippen LogP contribution < -0.4 is 0 Å². The quantitative estimate of drug-likeness (QED) is 0.879. The maximum absolute atomic E-state index is 11.2. The van der Waals surface area contributed by atoms with E-state index in [1.807, 2.05) is 24.3 Å². The molecule has 2 aromatic heterocycles. The number of pyridine rings is 1. The van der Waals surface area contributed by atoms with Crippen LogP contribution in [0.1, 0.15) is 25.5 Å². The molecule has 0 amide bonds. The highest BCUT2D eigenvalue weighted by molar-refractivity contribution is 5.91. The van der Waals surface area contributed by atoms with E-state index in [0.29, 0.717) is 11.2 Å². The molecule has 0 aliphatic carbocycles. The summed E-state index contributed by atoms with van der Waals surface area (Å²) in [4.78, 5) is 15.2. The van der Waals surface area contributed by atoms with Crippen LogP contribution in [0, 0.1) is 0 Å². The lowest BCUT2D eigenvalue weighted by Gasteiger charge is -2.00. The Kier molecular flexibility index (Phi) is 3.23. The zero-order chi connectivity index (χ0) is 12.3. The molecule has 0 saturated heterocycles. The lowest BCUT2D eigenvalue weighted by molar-refractivity contribution is 0.197. The monoisotopic (exact) mass is 230 g/mol. The first-order chi connectivity index (χ1) is 8.24. The molecule has 0 radical (unpaired) electrons. The molecule has 0 saturated carbocycles. The summed E-state index contributed by atoms with van der Waals surface area (Å²) in [7, 11) is 0. The highest BCUT2D eigenvalue weighted by atomic mass is 16.4. The SMILES string of the molecule is CCCC=Cc1cc2ccncc2n1C(=O)O. The molecule has 88 valence electrons. The fourth-order valence-electron chi connectivity index (χ4n) is 1.78. The zero-order valence-corrected chi connectivity index (χ0v) is 9.63. The largest absolute Gasteiger partial charge is 0.464 e. The predicted octanol–water partition coefficient (Wildman–Crippen LogP) is 3.38. The molecule has 0 aliphatic heterocycles. The van der Waals surface area contributed by atoms with Crippen molar-refractivity contribution in [2.75, 3.05) is 0 Å². The minimum absolute atomic E-state index is 0.621. The number of rotatable bonds is 3. The van der Waals surface area contributed by atoms with Crippen LogP contribution in [0.4, 0.5) is 4.79 Å². The maximum atomic E-state index is 11.2. The summed E-state index contributed by atoms with van der Waals surface area (Å²) >= 11 is 0. The molecule has 2 aromatic rings. The van der Waals surface area contributed by atoms with E-state index in [0.717, 1.165) is 18.2 Å². The van der Waals surface area contributed by atoms with Gasteiger partial charge in [0, 0.05) is 11.6 Å². The molecule has 1 N–H and O–H groups in total. The summed E-state index contributed by atoms with van der Waals surface area (Å²) in [6.07, 6.45) is 8.07. The Morgan fingerprint density at radius 1 is 1.59 bits per heavy atom. The molecule has 0 spiro atoms. The normalized spacial score (nSPS) is 11.4.